The van der Waals surface area contributed by atoms with Crippen LogP contribution in [0.2, 0.25) is 0 Å². The Hall–Kier alpha value is -1.31. The summed E-state index contributed by atoms with van der Waals surface area (Å²) in [5, 5.41) is 8.85. The standard InChI is InChI=1S/C11H17F3N2O3/c1-15(2)5-3-8(17)16-6-4-10(7-16,9(18)19)11(12,13)14/h3-7H2,1-2H3,(H,18,19). The lowest BCUT2D eigenvalue weighted by Gasteiger charge is -2.27. The highest BCUT2D eigenvalue weighted by Crippen LogP contribution is 2.45. The molecule has 1 rings (SSSR count). The summed E-state index contributed by atoms with van der Waals surface area (Å²) in [7, 11) is 3.49. The molecule has 0 spiro atoms. The van der Waals surface area contributed by atoms with Crippen LogP contribution < -0.4 is 0 Å². The van der Waals surface area contributed by atoms with E-state index in [0.717, 1.165) is 4.90 Å². The number of hydrogen-bond acceptors (Lipinski definition) is 3. The van der Waals surface area contributed by atoms with E-state index in [9.17, 15) is 22.8 Å². The van der Waals surface area contributed by atoms with Crippen LogP contribution in [0.4, 0.5) is 13.2 Å². The van der Waals surface area contributed by atoms with Crippen molar-refractivity contribution in [3.63, 3.8) is 0 Å². The van der Waals surface area contributed by atoms with Gasteiger partial charge < -0.3 is 14.9 Å². The molecule has 0 radical (unpaired) electrons. The quantitative estimate of drug-likeness (QED) is 0.828. The van der Waals surface area contributed by atoms with Crippen LogP contribution in [0, 0.1) is 5.41 Å². The summed E-state index contributed by atoms with van der Waals surface area (Å²) in [6.45, 7) is -0.544. The Balaban J connectivity index is 2.75. The van der Waals surface area contributed by atoms with E-state index in [-0.39, 0.29) is 13.0 Å². The normalized spacial score (nSPS) is 24.0. The van der Waals surface area contributed by atoms with Gasteiger partial charge in [-0.05, 0) is 20.5 Å². The molecule has 0 bridgehead atoms. The van der Waals surface area contributed by atoms with Crippen LogP contribution in [0.1, 0.15) is 12.8 Å². The molecule has 110 valence electrons. The van der Waals surface area contributed by atoms with Crippen molar-refractivity contribution in [2.24, 2.45) is 5.41 Å². The maximum atomic E-state index is 12.9. The molecule has 1 N–H and O–H groups in total. The number of carboxylic acid groups (broad SMARTS) is 1. The molecule has 1 aliphatic rings. The van der Waals surface area contributed by atoms with Gasteiger partial charge in [0.25, 0.3) is 0 Å². The third-order valence-electron chi connectivity index (χ3n) is 3.35. The molecule has 0 saturated carbocycles. The van der Waals surface area contributed by atoms with Gasteiger partial charge in [0.1, 0.15) is 0 Å². The SMILES string of the molecule is CN(C)CCC(=O)N1CCC(C(=O)O)(C(F)(F)F)C1. The number of aliphatic carboxylic acids is 1. The van der Waals surface area contributed by atoms with Crippen LogP contribution in [-0.4, -0.2) is 66.7 Å². The van der Waals surface area contributed by atoms with Gasteiger partial charge in [-0.15, -0.1) is 0 Å². The van der Waals surface area contributed by atoms with Gasteiger partial charge in [0.05, 0.1) is 0 Å². The summed E-state index contributed by atoms with van der Waals surface area (Å²) in [5.41, 5.74) is -2.82. The van der Waals surface area contributed by atoms with Gasteiger partial charge in [-0.1, -0.05) is 0 Å². The van der Waals surface area contributed by atoms with Crippen LogP contribution in [0.5, 0.6) is 0 Å². The summed E-state index contributed by atoms with van der Waals surface area (Å²) >= 11 is 0. The van der Waals surface area contributed by atoms with Crippen LogP contribution in [0.15, 0.2) is 0 Å². The van der Waals surface area contributed by atoms with Crippen molar-refractivity contribution in [1.82, 2.24) is 9.80 Å². The van der Waals surface area contributed by atoms with Crippen molar-refractivity contribution in [3.8, 4) is 0 Å². The van der Waals surface area contributed by atoms with E-state index in [4.69, 9.17) is 5.11 Å². The Kier molecular flexibility index (Phi) is 4.44. The fraction of sp³-hybridized carbons (Fsp3) is 0.818. The van der Waals surface area contributed by atoms with E-state index in [0.29, 0.717) is 6.54 Å². The molecule has 1 heterocycles. The number of hydrogen-bond donors (Lipinski definition) is 1. The maximum Gasteiger partial charge on any atom is 0.406 e. The van der Waals surface area contributed by atoms with Crippen LogP contribution in [0.3, 0.4) is 0 Å². The highest BCUT2D eigenvalue weighted by molar-refractivity contribution is 5.81. The van der Waals surface area contributed by atoms with Crippen molar-refractivity contribution in [2.45, 2.75) is 19.0 Å². The second kappa shape index (κ2) is 5.36. The lowest BCUT2D eigenvalue weighted by Crippen LogP contribution is -2.47. The second-order valence-corrected chi connectivity index (χ2v) is 5.00. The molecule has 1 aliphatic heterocycles. The fourth-order valence-corrected chi connectivity index (χ4v) is 2.03. The van der Waals surface area contributed by atoms with E-state index in [1.54, 1.807) is 19.0 Å². The number of nitrogens with zero attached hydrogens (tertiary/aromatic N) is 2. The average molecular weight is 282 g/mol. The molecular weight excluding hydrogens is 265 g/mol. The fourth-order valence-electron chi connectivity index (χ4n) is 2.03. The first-order chi connectivity index (χ1) is 8.60. The minimum atomic E-state index is -4.85. The first-order valence-corrected chi connectivity index (χ1v) is 5.83. The first-order valence-electron chi connectivity index (χ1n) is 5.83. The summed E-state index contributed by atoms with van der Waals surface area (Å²) in [5.74, 6) is -2.36. The lowest BCUT2D eigenvalue weighted by atomic mass is 9.86. The van der Waals surface area contributed by atoms with Gasteiger partial charge in [-0.25, -0.2) is 0 Å². The van der Waals surface area contributed by atoms with Gasteiger partial charge in [0.15, 0.2) is 5.41 Å². The highest BCUT2D eigenvalue weighted by atomic mass is 19.4. The summed E-state index contributed by atoms with van der Waals surface area (Å²) in [6, 6.07) is 0. The zero-order chi connectivity index (χ0) is 14.8. The molecule has 0 aromatic rings. The molecule has 1 saturated heterocycles. The Morgan fingerprint density at radius 2 is 1.95 bits per heavy atom. The van der Waals surface area contributed by atoms with Gasteiger partial charge in [-0.2, -0.15) is 13.2 Å². The second-order valence-electron chi connectivity index (χ2n) is 5.00. The molecule has 1 amide bonds. The topological polar surface area (TPSA) is 60.9 Å². The van der Waals surface area contributed by atoms with Gasteiger partial charge in [0.2, 0.25) is 5.91 Å². The summed E-state index contributed by atoms with van der Waals surface area (Å²) in [4.78, 5) is 25.4. The van der Waals surface area contributed by atoms with Crippen LogP contribution >= 0.6 is 0 Å². The lowest BCUT2D eigenvalue weighted by molar-refractivity contribution is -0.227. The van der Waals surface area contributed by atoms with E-state index in [2.05, 4.69) is 0 Å². The van der Waals surface area contributed by atoms with E-state index >= 15 is 0 Å². The molecule has 19 heavy (non-hydrogen) atoms. The van der Waals surface area contributed by atoms with Gasteiger partial charge in [0, 0.05) is 26.1 Å². The van der Waals surface area contributed by atoms with Gasteiger partial charge in [-0.3, -0.25) is 9.59 Å². The number of carboxylic acids is 1. The number of amides is 1. The maximum absolute atomic E-state index is 12.9. The molecule has 0 aromatic heterocycles. The van der Waals surface area contributed by atoms with E-state index in [1.807, 2.05) is 0 Å². The van der Waals surface area contributed by atoms with Crippen molar-refractivity contribution < 1.29 is 27.9 Å². The Morgan fingerprint density at radius 1 is 1.37 bits per heavy atom. The number of carbonyl (C=O) groups is 2. The Morgan fingerprint density at radius 3 is 2.32 bits per heavy atom. The highest BCUT2D eigenvalue weighted by Gasteiger charge is 2.64. The van der Waals surface area contributed by atoms with E-state index < -0.39 is 36.4 Å². The molecule has 1 unspecified atom stereocenters. The number of halogens is 3. The molecular formula is C11H17F3N2O3. The van der Waals surface area contributed by atoms with Crippen LogP contribution in [0.25, 0.3) is 0 Å². The third kappa shape index (κ3) is 3.17. The zero-order valence-corrected chi connectivity index (χ0v) is 10.8. The average Bonchev–Trinajstić information content (AvgIpc) is 2.71. The molecule has 8 heteroatoms. The van der Waals surface area contributed by atoms with Crippen molar-refractivity contribution in [1.29, 1.82) is 0 Å². The minimum absolute atomic E-state index is 0.0839. The largest absolute Gasteiger partial charge is 0.481 e. The third-order valence-corrected chi connectivity index (χ3v) is 3.35. The summed E-state index contributed by atoms with van der Waals surface area (Å²) in [6.07, 6.45) is -5.35. The predicted molar refractivity (Wildman–Crippen MR) is 60.5 cm³/mol. The van der Waals surface area contributed by atoms with Crippen molar-refractivity contribution in [2.75, 3.05) is 33.7 Å². The molecule has 0 aliphatic carbocycles. The number of likely N-dealkylation sites (tertiary alicyclic amines) is 1. The number of alkyl halides is 3. The van der Waals surface area contributed by atoms with Crippen molar-refractivity contribution >= 4 is 11.9 Å². The number of carbonyl (C=O) groups excluding carboxylic acids is 1. The minimum Gasteiger partial charge on any atom is -0.481 e. The Bertz CT molecular complexity index is 371. The number of rotatable bonds is 4. The van der Waals surface area contributed by atoms with Crippen LogP contribution in [-0.2, 0) is 9.59 Å². The Labute approximate surface area is 109 Å². The van der Waals surface area contributed by atoms with Gasteiger partial charge >= 0.3 is 12.1 Å². The molecule has 0 aromatic carbocycles. The monoisotopic (exact) mass is 282 g/mol. The smallest absolute Gasteiger partial charge is 0.406 e. The predicted octanol–water partition coefficient (Wildman–Crippen LogP) is 0.804. The van der Waals surface area contributed by atoms with E-state index in [1.165, 1.54) is 0 Å². The zero-order valence-electron chi connectivity index (χ0n) is 10.8. The first kappa shape index (κ1) is 15.7. The molecule has 1 atom stereocenters. The summed E-state index contributed by atoms with van der Waals surface area (Å²) < 4.78 is 38.7. The van der Waals surface area contributed by atoms with Crippen molar-refractivity contribution in [3.05, 3.63) is 0 Å². The molecule has 1 fully saturated rings. The molecule has 5 nitrogen and oxygen atoms in total.